The van der Waals surface area contributed by atoms with Crippen LogP contribution in [0.25, 0.3) is 0 Å². The quantitative estimate of drug-likeness (QED) is 0.506. The zero-order chi connectivity index (χ0) is 15.4. The number of nitrogens with two attached hydrogens (primary N) is 1. The van der Waals surface area contributed by atoms with Gasteiger partial charge in [-0.3, -0.25) is 19.9 Å². The van der Waals surface area contributed by atoms with E-state index < -0.39 is 10.8 Å². The van der Waals surface area contributed by atoms with E-state index in [9.17, 15) is 14.9 Å². The van der Waals surface area contributed by atoms with Gasteiger partial charge in [0.15, 0.2) is 0 Å². The summed E-state index contributed by atoms with van der Waals surface area (Å²) in [6.07, 6.45) is 3.34. The lowest BCUT2D eigenvalue weighted by atomic mass is 10.1. The summed E-state index contributed by atoms with van der Waals surface area (Å²) in [6.45, 7) is 2.22. The Labute approximate surface area is 121 Å². The van der Waals surface area contributed by atoms with Crippen molar-refractivity contribution >= 4 is 17.3 Å². The number of aromatic nitrogens is 1. The van der Waals surface area contributed by atoms with E-state index >= 15 is 0 Å². The Bertz CT molecular complexity index is 700. The van der Waals surface area contributed by atoms with Crippen molar-refractivity contribution in [3.05, 3.63) is 63.5 Å². The number of amides is 1. The van der Waals surface area contributed by atoms with Crippen LogP contribution in [0.1, 0.15) is 21.5 Å². The van der Waals surface area contributed by atoms with E-state index in [1.807, 2.05) is 13.0 Å². The third-order valence-electron chi connectivity index (χ3n) is 3.08. The molecule has 0 unspecified atom stereocenters. The highest BCUT2D eigenvalue weighted by atomic mass is 16.6. The van der Waals surface area contributed by atoms with Crippen LogP contribution in [-0.2, 0) is 6.54 Å². The van der Waals surface area contributed by atoms with Crippen LogP contribution < -0.4 is 11.1 Å². The zero-order valence-electron chi connectivity index (χ0n) is 11.4. The van der Waals surface area contributed by atoms with Gasteiger partial charge in [0.1, 0.15) is 5.69 Å². The molecule has 0 fully saturated rings. The minimum absolute atomic E-state index is 0.0275. The Morgan fingerprint density at radius 1 is 1.43 bits per heavy atom. The van der Waals surface area contributed by atoms with Gasteiger partial charge in [0.05, 0.1) is 4.92 Å². The minimum atomic E-state index is -0.614. The van der Waals surface area contributed by atoms with Crippen molar-refractivity contribution in [3.8, 4) is 0 Å². The maximum Gasteiger partial charge on any atom is 0.292 e. The molecule has 0 bridgehead atoms. The minimum Gasteiger partial charge on any atom is -0.393 e. The van der Waals surface area contributed by atoms with Crippen LogP contribution in [0.3, 0.4) is 0 Å². The number of pyridine rings is 1. The molecule has 1 aromatic carbocycles. The standard InChI is InChI=1S/C14H14N4O3/c1-9-4-5-16-7-11(9)8-17-14(19)10-2-3-12(15)13(6-10)18(20)21/h2-7H,8,15H2,1H3,(H,17,19). The number of nitrogens with one attached hydrogen (secondary N) is 1. The average molecular weight is 286 g/mol. The second-order valence-corrected chi connectivity index (χ2v) is 4.52. The number of hydrogen-bond acceptors (Lipinski definition) is 5. The van der Waals surface area contributed by atoms with Crippen LogP contribution in [0.2, 0.25) is 0 Å². The molecular formula is C14H14N4O3. The summed E-state index contributed by atoms with van der Waals surface area (Å²) >= 11 is 0. The first-order chi connectivity index (χ1) is 9.99. The molecule has 0 saturated heterocycles. The highest BCUT2D eigenvalue weighted by Crippen LogP contribution is 2.22. The highest BCUT2D eigenvalue weighted by Gasteiger charge is 2.15. The third-order valence-corrected chi connectivity index (χ3v) is 3.08. The van der Waals surface area contributed by atoms with E-state index in [1.165, 1.54) is 18.2 Å². The smallest absolute Gasteiger partial charge is 0.292 e. The number of carbonyl (C=O) groups excluding carboxylic acids is 1. The molecule has 2 rings (SSSR count). The number of aryl methyl sites for hydroxylation is 1. The number of nitro groups is 1. The van der Waals surface area contributed by atoms with Crippen molar-refractivity contribution in [2.75, 3.05) is 5.73 Å². The van der Waals surface area contributed by atoms with Gasteiger partial charge in [0.25, 0.3) is 11.6 Å². The van der Waals surface area contributed by atoms with E-state index in [-0.39, 0.29) is 16.9 Å². The van der Waals surface area contributed by atoms with Gasteiger partial charge in [0.2, 0.25) is 0 Å². The molecule has 0 aliphatic carbocycles. The van der Waals surface area contributed by atoms with E-state index in [4.69, 9.17) is 5.73 Å². The van der Waals surface area contributed by atoms with Crippen LogP contribution in [0, 0.1) is 17.0 Å². The molecule has 0 spiro atoms. The predicted octanol–water partition coefficient (Wildman–Crippen LogP) is 1.81. The first-order valence-corrected chi connectivity index (χ1v) is 6.20. The number of anilines is 1. The fourth-order valence-electron chi connectivity index (χ4n) is 1.80. The Balaban J connectivity index is 2.12. The second kappa shape index (κ2) is 6.00. The van der Waals surface area contributed by atoms with Crippen molar-refractivity contribution in [2.45, 2.75) is 13.5 Å². The molecule has 0 radical (unpaired) electrons. The predicted molar refractivity (Wildman–Crippen MR) is 77.7 cm³/mol. The number of nitro benzene ring substituents is 1. The molecule has 0 atom stereocenters. The molecule has 108 valence electrons. The summed E-state index contributed by atoms with van der Waals surface area (Å²) in [6, 6.07) is 5.81. The van der Waals surface area contributed by atoms with E-state index in [0.29, 0.717) is 6.54 Å². The Morgan fingerprint density at radius 2 is 2.19 bits per heavy atom. The van der Waals surface area contributed by atoms with Crippen molar-refractivity contribution in [1.82, 2.24) is 10.3 Å². The van der Waals surface area contributed by atoms with Crippen LogP contribution >= 0.6 is 0 Å². The normalized spacial score (nSPS) is 10.1. The number of rotatable bonds is 4. The summed E-state index contributed by atoms with van der Waals surface area (Å²) in [5, 5.41) is 13.5. The summed E-state index contributed by atoms with van der Waals surface area (Å²) in [7, 11) is 0. The molecule has 7 nitrogen and oxygen atoms in total. The maximum absolute atomic E-state index is 12.0. The van der Waals surface area contributed by atoms with Gasteiger partial charge < -0.3 is 11.1 Å². The summed E-state index contributed by atoms with van der Waals surface area (Å²) in [5.74, 6) is -0.402. The van der Waals surface area contributed by atoms with Crippen LogP contribution in [0.15, 0.2) is 36.7 Å². The van der Waals surface area contributed by atoms with E-state index in [0.717, 1.165) is 11.1 Å². The average Bonchev–Trinajstić information content (AvgIpc) is 2.46. The summed E-state index contributed by atoms with van der Waals surface area (Å²) < 4.78 is 0. The lowest BCUT2D eigenvalue weighted by molar-refractivity contribution is -0.383. The van der Waals surface area contributed by atoms with E-state index in [1.54, 1.807) is 12.4 Å². The fraction of sp³-hybridized carbons (Fsp3) is 0.143. The van der Waals surface area contributed by atoms with Crippen molar-refractivity contribution in [3.63, 3.8) is 0 Å². The zero-order valence-corrected chi connectivity index (χ0v) is 11.4. The van der Waals surface area contributed by atoms with Gasteiger partial charge in [-0.1, -0.05) is 0 Å². The lowest BCUT2D eigenvalue weighted by Gasteiger charge is -2.07. The number of benzene rings is 1. The molecular weight excluding hydrogens is 272 g/mol. The molecule has 3 N–H and O–H groups in total. The van der Waals surface area contributed by atoms with Crippen LogP contribution in [0.5, 0.6) is 0 Å². The van der Waals surface area contributed by atoms with E-state index in [2.05, 4.69) is 10.3 Å². The number of hydrogen-bond donors (Lipinski definition) is 2. The van der Waals surface area contributed by atoms with Gasteiger partial charge in [-0.2, -0.15) is 0 Å². The third kappa shape index (κ3) is 3.33. The molecule has 0 saturated carbocycles. The molecule has 2 aromatic rings. The van der Waals surface area contributed by atoms with Gasteiger partial charge in [-0.25, -0.2) is 0 Å². The topological polar surface area (TPSA) is 111 Å². The Kier molecular flexibility index (Phi) is 4.13. The highest BCUT2D eigenvalue weighted by molar-refractivity contribution is 5.95. The Morgan fingerprint density at radius 3 is 2.86 bits per heavy atom. The van der Waals surface area contributed by atoms with Crippen molar-refractivity contribution in [1.29, 1.82) is 0 Å². The van der Waals surface area contributed by atoms with Gasteiger partial charge in [-0.15, -0.1) is 0 Å². The largest absolute Gasteiger partial charge is 0.393 e. The van der Waals surface area contributed by atoms with Crippen molar-refractivity contribution in [2.24, 2.45) is 0 Å². The molecule has 1 aromatic heterocycles. The van der Waals surface area contributed by atoms with Gasteiger partial charge in [-0.05, 0) is 36.2 Å². The molecule has 0 aliphatic heterocycles. The first kappa shape index (κ1) is 14.4. The maximum atomic E-state index is 12.0. The molecule has 1 amide bonds. The van der Waals surface area contributed by atoms with Crippen LogP contribution in [-0.4, -0.2) is 15.8 Å². The van der Waals surface area contributed by atoms with Crippen LogP contribution in [0.4, 0.5) is 11.4 Å². The summed E-state index contributed by atoms with van der Waals surface area (Å²) in [4.78, 5) is 26.2. The molecule has 1 heterocycles. The number of nitrogens with zero attached hydrogens (tertiary/aromatic N) is 2. The fourth-order valence-corrected chi connectivity index (χ4v) is 1.80. The van der Waals surface area contributed by atoms with Crippen molar-refractivity contribution < 1.29 is 9.72 Å². The SMILES string of the molecule is Cc1ccncc1CNC(=O)c1ccc(N)c([N+](=O)[O-])c1. The molecule has 0 aliphatic rings. The molecule has 21 heavy (non-hydrogen) atoms. The summed E-state index contributed by atoms with van der Waals surface area (Å²) in [5.41, 5.74) is 7.33. The first-order valence-electron chi connectivity index (χ1n) is 6.20. The molecule has 7 heteroatoms. The van der Waals surface area contributed by atoms with Gasteiger partial charge in [0, 0.05) is 30.6 Å². The number of carbonyl (C=O) groups is 1. The number of nitrogen functional groups attached to an aromatic ring is 1. The lowest BCUT2D eigenvalue weighted by Crippen LogP contribution is -2.23. The second-order valence-electron chi connectivity index (χ2n) is 4.52. The Hall–Kier alpha value is -2.96. The van der Waals surface area contributed by atoms with Gasteiger partial charge >= 0.3 is 0 Å². The monoisotopic (exact) mass is 286 g/mol.